The minimum Gasteiger partial charge on any atom is -0.497 e. The number of para-hydroxylation sites is 1. The number of ketones is 1. The molecular formula is C31H35NO8. The summed E-state index contributed by atoms with van der Waals surface area (Å²) in [7, 11) is 4.60. The number of hydrogen-bond donors (Lipinski definition) is 1. The number of Topliss-reactive ketones (excluding diaryl/α,β-unsaturated/α-hetero) is 1. The molecule has 1 heterocycles. The smallest absolute Gasteiger partial charge is 0.336 e. The largest absolute Gasteiger partial charge is 0.497 e. The molecule has 0 saturated heterocycles. The van der Waals surface area contributed by atoms with Gasteiger partial charge in [0, 0.05) is 28.4 Å². The van der Waals surface area contributed by atoms with Crippen LogP contribution in [0.15, 0.2) is 65.0 Å². The van der Waals surface area contributed by atoms with Gasteiger partial charge in [-0.15, -0.1) is 0 Å². The summed E-state index contributed by atoms with van der Waals surface area (Å²) < 4.78 is 27.6. The van der Waals surface area contributed by atoms with E-state index in [0.717, 1.165) is 5.56 Å². The van der Waals surface area contributed by atoms with Gasteiger partial charge >= 0.3 is 11.9 Å². The summed E-state index contributed by atoms with van der Waals surface area (Å²) >= 11 is 0. The molecule has 0 bridgehead atoms. The van der Waals surface area contributed by atoms with Crippen molar-refractivity contribution in [2.75, 3.05) is 34.5 Å². The SMILES string of the molecule is CCOC(=O)C1=C(C)NC2=C(C(=O)[C@H](C(=O)OCC)[C@H](c3ccccc3OC)C2)[C@H]1c1cc(OC)ccc1OC. The Bertz CT molecular complexity index is 1380. The maximum atomic E-state index is 14.5. The number of ether oxygens (including phenoxy) is 5. The molecule has 9 nitrogen and oxygen atoms in total. The number of carbonyl (C=O) groups excluding carboxylic acids is 3. The van der Waals surface area contributed by atoms with Crippen molar-refractivity contribution < 1.29 is 38.1 Å². The van der Waals surface area contributed by atoms with Gasteiger partial charge in [-0.2, -0.15) is 0 Å². The van der Waals surface area contributed by atoms with Crippen LogP contribution in [0, 0.1) is 5.92 Å². The Hall–Kier alpha value is -4.27. The number of dihydropyridines is 1. The molecule has 0 amide bonds. The highest BCUT2D eigenvalue weighted by Crippen LogP contribution is 2.51. The van der Waals surface area contributed by atoms with Crippen molar-refractivity contribution in [2.45, 2.75) is 39.0 Å². The fourth-order valence-corrected chi connectivity index (χ4v) is 5.66. The van der Waals surface area contributed by atoms with Gasteiger partial charge in [-0.1, -0.05) is 18.2 Å². The maximum absolute atomic E-state index is 14.5. The Morgan fingerprint density at radius 1 is 0.900 bits per heavy atom. The van der Waals surface area contributed by atoms with Gasteiger partial charge in [0.05, 0.1) is 46.0 Å². The summed E-state index contributed by atoms with van der Waals surface area (Å²) in [6, 6.07) is 12.5. The van der Waals surface area contributed by atoms with Gasteiger partial charge in [-0.25, -0.2) is 4.79 Å². The van der Waals surface area contributed by atoms with E-state index in [9.17, 15) is 14.4 Å². The highest BCUT2D eigenvalue weighted by Gasteiger charge is 2.50. The third-order valence-corrected chi connectivity index (χ3v) is 7.34. The van der Waals surface area contributed by atoms with E-state index < -0.39 is 35.5 Å². The van der Waals surface area contributed by atoms with E-state index in [1.165, 1.54) is 14.2 Å². The van der Waals surface area contributed by atoms with Crippen LogP contribution in [0.25, 0.3) is 0 Å². The normalized spacial score (nSPS) is 20.4. The lowest BCUT2D eigenvalue weighted by atomic mass is 9.67. The Labute approximate surface area is 234 Å². The summed E-state index contributed by atoms with van der Waals surface area (Å²) in [4.78, 5) is 41.4. The van der Waals surface area contributed by atoms with Crippen LogP contribution >= 0.6 is 0 Å². The van der Waals surface area contributed by atoms with Crippen molar-refractivity contribution >= 4 is 17.7 Å². The van der Waals surface area contributed by atoms with E-state index in [1.807, 2.05) is 18.2 Å². The topological polar surface area (TPSA) is 109 Å². The summed E-state index contributed by atoms with van der Waals surface area (Å²) in [6.45, 7) is 5.46. The molecular weight excluding hydrogens is 514 g/mol. The van der Waals surface area contributed by atoms with Gasteiger partial charge in [-0.05, 0) is 57.0 Å². The molecule has 0 unspecified atom stereocenters. The molecule has 212 valence electrons. The van der Waals surface area contributed by atoms with E-state index in [2.05, 4.69) is 5.32 Å². The van der Waals surface area contributed by atoms with E-state index in [4.69, 9.17) is 23.7 Å². The monoisotopic (exact) mass is 549 g/mol. The van der Waals surface area contributed by atoms with Crippen LogP contribution in [0.1, 0.15) is 50.2 Å². The van der Waals surface area contributed by atoms with Crippen molar-refractivity contribution in [3.8, 4) is 17.2 Å². The van der Waals surface area contributed by atoms with Gasteiger partial charge in [0.1, 0.15) is 23.2 Å². The summed E-state index contributed by atoms with van der Waals surface area (Å²) in [5.74, 6) is -2.67. The third-order valence-electron chi connectivity index (χ3n) is 7.34. The molecule has 1 aliphatic carbocycles. The first-order chi connectivity index (χ1) is 19.3. The Morgan fingerprint density at radius 2 is 1.57 bits per heavy atom. The molecule has 0 aromatic heterocycles. The Balaban J connectivity index is 1.98. The van der Waals surface area contributed by atoms with Gasteiger partial charge in [0.2, 0.25) is 0 Å². The van der Waals surface area contributed by atoms with Gasteiger partial charge in [0.15, 0.2) is 5.78 Å². The Kier molecular flexibility index (Phi) is 8.82. The fraction of sp³-hybridized carbons (Fsp3) is 0.387. The number of carbonyl (C=O) groups is 3. The second-order valence-corrected chi connectivity index (χ2v) is 9.46. The van der Waals surface area contributed by atoms with E-state index in [-0.39, 0.29) is 18.8 Å². The van der Waals surface area contributed by atoms with Crippen LogP contribution in [0.2, 0.25) is 0 Å². The van der Waals surface area contributed by atoms with E-state index >= 15 is 0 Å². The zero-order chi connectivity index (χ0) is 29.0. The molecule has 1 N–H and O–H groups in total. The summed E-state index contributed by atoms with van der Waals surface area (Å²) in [6.07, 6.45) is 0.307. The predicted octanol–water partition coefficient (Wildman–Crippen LogP) is 4.43. The van der Waals surface area contributed by atoms with E-state index in [0.29, 0.717) is 46.2 Å². The van der Waals surface area contributed by atoms with Crippen LogP contribution in [0.3, 0.4) is 0 Å². The zero-order valence-corrected chi connectivity index (χ0v) is 23.7. The Morgan fingerprint density at radius 3 is 2.23 bits per heavy atom. The highest BCUT2D eigenvalue weighted by molar-refractivity contribution is 6.13. The van der Waals surface area contributed by atoms with Crippen LogP contribution in [-0.2, 0) is 23.9 Å². The van der Waals surface area contributed by atoms with E-state index in [1.54, 1.807) is 52.1 Å². The maximum Gasteiger partial charge on any atom is 0.336 e. The first-order valence-electron chi connectivity index (χ1n) is 13.2. The lowest BCUT2D eigenvalue weighted by Crippen LogP contribution is -2.43. The van der Waals surface area contributed by atoms with Crippen molar-refractivity contribution in [2.24, 2.45) is 5.92 Å². The molecule has 3 atom stereocenters. The molecule has 2 aromatic carbocycles. The lowest BCUT2D eigenvalue weighted by molar-refractivity contribution is -0.152. The number of hydrogen-bond acceptors (Lipinski definition) is 9. The quantitative estimate of drug-likeness (QED) is 0.359. The van der Waals surface area contributed by atoms with Gasteiger partial charge < -0.3 is 29.0 Å². The molecule has 0 radical (unpaired) electrons. The molecule has 40 heavy (non-hydrogen) atoms. The van der Waals surface area contributed by atoms with Crippen LogP contribution in [0.5, 0.6) is 17.2 Å². The lowest BCUT2D eigenvalue weighted by Gasteiger charge is -2.40. The van der Waals surface area contributed by atoms with Gasteiger partial charge in [-0.3, -0.25) is 9.59 Å². The summed E-state index contributed by atoms with van der Waals surface area (Å²) in [5, 5.41) is 3.31. The number of benzene rings is 2. The zero-order valence-electron chi connectivity index (χ0n) is 23.7. The number of rotatable bonds is 9. The van der Waals surface area contributed by atoms with Crippen molar-refractivity contribution in [3.63, 3.8) is 0 Å². The second-order valence-electron chi connectivity index (χ2n) is 9.46. The number of methoxy groups -OCH3 is 3. The summed E-state index contributed by atoms with van der Waals surface area (Å²) in [5.41, 5.74) is 2.99. The third kappa shape index (κ3) is 5.15. The van der Waals surface area contributed by atoms with Crippen LogP contribution < -0.4 is 19.5 Å². The average molecular weight is 550 g/mol. The number of allylic oxidation sites excluding steroid dienone is 3. The molecule has 0 fully saturated rings. The van der Waals surface area contributed by atoms with Crippen LogP contribution in [-0.4, -0.2) is 52.3 Å². The predicted molar refractivity (Wildman–Crippen MR) is 147 cm³/mol. The first-order valence-corrected chi connectivity index (χ1v) is 13.2. The fourth-order valence-electron chi connectivity index (χ4n) is 5.66. The minimum absolute atomic E-state index is 0.117. The van der Waals surface area contributed by atoms with Crippen molar-refractivity contribution in [1.29, 1.82) is 0 Å². The van der Waals surface area contributed by atoms with Crippen LogP contribution in [0.4, 0.5) is 0 Å². The minimum atomic E-state index is -1.15. The molecule has 0 saturated carbocycles. The van der Waals surface area contributed by atoms with Crippen molar-refractivity contribution in [1.82, 2.24) is 5.32 Å². The highest BCUT2D eigenvalue weighted by atomic mass is 16.5. The first kappa shape index (κ1) is 28.7. The molecule has 0 spiro atoms. The molecule has 4 rings (SSSR count). The number of nitrogens with one attached hydrogen (secondary N) is 1. The average Bonchev–Trinajstić information content (AvgIpc) is 2.96. The number of esters is 2. The standard InChI is InChI=1S/C31H35NO8/c1-7-39-30(34)25-17(3)32-22-16-20(19-11-9-10-12-23(19)37-5)27(31(35)40-8-2)29(33)28(22)26(25)21-15-18(36-4)13-14-24(21)38-6/h9-15,20,26-27,32H,7-8,16H2,1-6H3/t20-,26-,27+/m0/s1. The van der Waals surface area contributed by atoms with Crippen molar-refractivity contribution in [3.05, 3.63) is 76.1 Å². The second kappa shape index (κ2) is 12.3. The van der Waals surface area contributed by atoms with Gasteiger partial charge in [0.25, 0.3) is 0 Å². The molecule has 1 aliphatic heterocycles. The molecule has 2 aliphatic rings. The molecule has 9 heteroatoms. The molecule has 2 aromatic rings.